The van der Waals surface area contributed by atoms with E-state index >= 15 is 0 Å². The van der Waals surface area contributed by atoms with Gasteiger partial charge in [-0.05, 0) is 61.5 Å². The van der Waals surface area contributed by atoms with Gasteiger partial charge in [0.1, 0.15) is 17.3 Å². The van der Waals surface area contributed by atoms with Crippen molar-refractivity contribution in [2.45, 2.75) is 63.2 Å². The van der Waals surface area contributed by atoms with E-state index in [1.54, 1.807) is 6.92 Å². The fourth-order valence-corrected chi connectivity index (χ4v) is 6.11. The topological polar surface area (TPSA) is 61.8 Å². The molecular weight excluding hydrogens is 514 g/mol. The van der Waals surface area contributed by atoms with E-state index < -0.39 is 52.1 Å². The summed E-state index contributed by atoms with van der Waals surface area (Å²) in [6, 6.07) is 7.22. The Bertz CT molecular complexity index is 1220. The molecule has 35 heavy (non-hydrogen) atoms. The van der Waals surface area contributed by atoms with Crippen LogP contribution in [0.4, 0.5) is 8.78 Å². The lowest BCUT2D eigenvalue weighted by atomic mass is 10.1. The molecule has 0 saturated heterocycles. The van der Waals surface area contributed by atoms with Gasteiger partial charge in [-0.1, -0.05) is 32.4 Å². The Morgan fingerprint density at radius 1 is 1.09 bits per heavy atom. The number of rotatable bonds is 8. The molecule has 1 heterocycles. The molecule has 0 amide bonds. The van der Waals surface area contributed by atoms with Crippen molar-refractivity contribution in [1.29, 1.82) is 0 Å². The Morgan fingerprint density at radius 2 is 1.69 bits per heavy atom. The summed E-state index contributed by atoms with van der Waals surface area (Å²) in [5.41, 5.74) is -0.481. The number of hydrogen-bond acceptors (Lipinski definition) is 5. The highest BCUT2D eigenvalue weighted by Gasteiger charge is 2.38. The number of fused-ring (bicyclic) bond motifs is 1. The summed E-state index contributed by atoms with van der Waals surface area (Å²) in [7, 11) is -6.27. The van der Waals surface area contributed by atoms with Gasteiger partial charge < -0.3 is 13.9 Å². The van der Waals surface area contributed by atoms with Crippen LogP contribution < -0.4 is 4.74 Å². The number of halogens is 3. The van der Waals surface area contributed by atoms with Gasteiger partial charge in [0.05, 0.1) is 16.6 Å². The van der Waals surface area contributed by atoms with Crippen LogP contribution in [-0.2, 0) is 19.0 Å². The van der Waals surface area contributed by atoms with E-state index in [1.807, 2.05) is 0 Å². The van der Waals surface area contributed by atoms with Gasteiger partial charge in [-0.25, -0.2) is 17.2 Å². The smallest absolute Gasteiger partial charge is 0.210 e. The van der Waals surface area contributed by atoms with Crippen molar-refractivity contribution >= 4 is 34.7 Å². The van der Waals surface area contributed by atoms with Gasteiger partial charge in [0, 0.05) is 18.1 Å². The molecule has 1 aliphatic heterocycles. The van der Waals surface area contributed by atoms with Crippen LogP contribution in [-0.4, -0.2) is 36.1 Å². The van der Waals surface area contributed by atoms with Crippen LogP contribution >= 0.6 is 11.6 Å². The van der Waals surface area contributed by atoms with Crippen LogP contribution in [0.15, 0.2) is 47.1 Å². The second kappa shape index (κ2) is 10.2. The van der Waals surface area contributed by atoms with Crippen molar-refractivity contribution in [1.82, 2.24) is 0 Å². The predicted molar refractivity (Wildman–Crippen MR) is 136 cm³/mol. The third-order valence-corrected chi connectivity index (χ3v) is 13.1. The Hall–Kier alpha value is -1.94. The number of sulfone groups is 1. The van der Waals surface area contributed by atoms with Crippen LogP contribution in [0, 0.1) is 11.6 Å². The Balaban J connectivity index is 1.98. The number of ether oxygens (including phenoxy) is 2. The molecule has 192 valence electrons. The molecule has 0 aliphatic carbocycles. The van der Waals surface area contributed by atoms with Gasteiger partial charge in [0.15, 0.2) is 25.6 Å². The predicted octanol–water partition coefficient (Wildman–Crippen LogP) is 6.97. The van der Waals surface area contributed by atoms with Crippen molar-refractivity contribution in [3.05, 3.63) is 64.4 Å². The van der Waals surface area contributed by atoms with Crippen LogP contribution in [0.3, 0.4) is 0 Å². The first-order valence-corrected chi connectivity index (χ1v) is 16.1. The fourth-order valence-electron chi connectivity index (χ4n) is 3.33. The molecule has 2 aromatic carbocycles. The Morgan fingerprint density at radius 3 is 2.29 bits per heavy atom. The van der Waals surface area contributed by atoms with Gasteiger partial charge in [-0.2, -0.15) is 0 Å². The van der Waals surface area contributed by atoms with Crippen LogP contribution in [0.25, 0.3) is 4.91 Å². The minimum absolute atomic E-state index is 0.0436. The normalized spacial score (nSPS) is 15.5. The van der Waals surface area contributed by atoms with Crippen molar-refractivity contribution in [2.24, 2.45) is 0 Å². The Labute approximate surface area is 212 Å². The SMILES string of the molecule is C[C@H](CCO[Si](C)(C)C(C)(C)C)OC1=C(S(=O)(=O)c2ccc(Cl)cc2)c2c(F)ccc(F)c2OC1. The first-order chi connectivity index (χ1) is 16.1. The van der Waals surface area contributed by atoms with Crippen molar-refractivity contribution in [3.8, 4) is 5.75 Å². The molecule has 0 aromatic heterocycles. The summed E-state index contributed by atoms with van der Waals surface area (Å²) < 4.78 is 74.2. The third kappa shape index (κ3) is 5.90. The monoisotopic (exact) mass is 544 g/mol. The zero-order chi connectivity index (χ0) is 26.2. The molecule has 2 aromatic rings. The maximum Gasteiger partial charge on any atom is 0.210 e. The molecule has 0 fully saturated rings. The van der Waals surface area contributed by atoms with E-state index in [4.69, 9.17) is 25.5 Å². The largest absolute Gasteiger partial charge is 0.490 e. The highest BCUT2D eigenvalue weighted by molar-refractivity contribution is 8.00. The molecule has 3 rings (SSSR count). The van der Waals surface area contributed by atoms with Gasteiger partial charge in [-0.3, -0.25) is 0 Å². The van der Waals surface area contributed by atoms with Crippen molar-refractivity contribution in [2.75, 3.05) is 13.2 Å². The molecule has 0 bridgehead atoms. The standard InChI is InChI=1S/C25H31ClF2O5SSi/c1-16(13-14-32-35(5,6)25(2,3)4)33-21-15-31-23-20(28)12-11-19(27)22(23)24(21)34(29,30)18-9-7-17(26)8-10-18/h7-12,16H,13-15H2,1-6H3/t16-/m1/s1. The van der Waals surface area contributed by atoms with Crippen LogP contribution in [0.5, 0.6) is 5.75 Å². The van der Waals surface area contributed by atoms with Gasteiger partial charge >= 0.3 is 0 Å². The second-order valence-electron chi connectivity index (χ2n) is 10.1. The summed E-state index contributed by atoms with van der Waals surface area (Å²) in [5.74, 6) is -2.33. The van der Waals surface area contributed by atoms with Crippen molar-refractivity contribution < 1.29 is 31.1 Å². The first kappa shape index (κ1) is 27.6. The summed E-state index contributed by atoms with van der Waals surface area (Å²) in [5, 5.41) is 0.386. The summed E-state index contributed by atoms with van der Waals surface area (Å²) in [6.07, 6.45) is 0.00919. The fraction of sp³-hybridized carbons (Fsp3) is 0.440. The zero-order valence-electron chi connectivity index (χ0n) is 20.7. The first-order valence-electron chi connectivity index (χ1n) is 11.3. The molecule has 0 N–H and O–H groups in total. The molecule has 1 atom stereocenters. The van der Waals surface area contributed by atoms with Gasteiger partial charge in [0.2, 0.25) is 9.84 Å². The highest BCUT2D eigenvalue weighted by atomic mass is 35.5. The third-order valence-electron chi connectivity index (χ3n) is 6.42. The molecule has 10 heteroatoms. The van der Waals surface area contributed by atoms with Gasteiger partial charge in [0.25, 0.3) is 0 Å². The van der Waals surface area contributed by atoms with E-state index in [0.717, 1.165) is 12.1 Å². The van der Waals surface area contributed by atoms with E-state index in [1.165, 1.54) is 24.3 Å². The van der Waals surface area contributed by atoms with E-state index in [0.29, 0.717) is 18.1 Å². The molecular formula is C25H31ClF2O5SSi. The summed E-state index contributed by atoms with van der Waals surface area (Å²) in [4.78, 5) is -0.571. The van der Waals surface area contributed by atoms with Gasteiger partial charge in [-0.15, -0.1) is 0 Å². The van der Waals surface area contributed by atoms with Crippen LogP contribution in [0.2, 0.25) is 23.2 Å². The number of benzene rings is 2. The quantitative estimate of drug-likeness (QED) is 0.336. The molecule has 0 saturated carbocycles. The summed E-state index contributed by atoms with van der Waals surface area (Å²) in [6.45, 7) is 12.5. The minimum Gasteiger partial charge on any atom is -0.490 e. The number of hydrogen-bond donors (Lipinski definition) is 0. The lowest BCUT2D eigenvalue weighted by Crippen LogP contribution is -2.41. The van der Waals surface area contributed by atoms with E-state index in [9.17, 15) is 17.2 Å². The minimum atomic E-state index is -4.30. The highest BCUT2D eigenvalue weighted by Crippen LogP contribution is 2.43. The Kier molecular flexibility index (Phi) is 8.06. The molecule has 0 radical (unpaired) electrons. The maximum atomic E-state index is 14.9. The summed E-state index contributed by atoms with van der Waals surface area (Å²) >= 11 is 5.91. The second-order valence-corrected chi connectivity index (χ2v) is 17.2. The van der Waals surface area contributed by atoms with Crippen LogP contribution in [0.1, 0.15) is 39.7 Å². The average Bonchev–Trinajstić information content (AvgIpc) is 2.75. The molecule has 1 aliphatic rings. The van der Waals surface area contributed by atoms with E-state index in [-0.39, 0.29) is 22.3 Å². The lowest BCUT2D eigenvalue weighted by Gasteiger charge is -2.36. The van der Waals surface area contributed by atoms with Crippen molar-refractivity contribution in [3.63, 3.8) is 0 Å². The average molecular weight is 545 g/mol. The molecule has 5 nitrogen and oxygen atoms in total. The molecule has 0 spiro atoms. The maximum absolute atomic E-state index is 14.9. The molecule has 0 unspecified atom stereocenters. The van der Waals surface area contributed by atoms with E-state index in [2.05, 4.69) is 33.9 Å². The lowest BCUT2D eigenvalue weighted by molar-refractivity contribution is 0.0842. The zero-order valence-corrected chi connectivity index (χ0v) is 23.3.